The van der Waals surface area contributed by atoms with Gasteiger partial charge in [0.1, 0.15) is 6.04 Å². The van der Waals surface area contributed by atoms with E-state index in [0.29, 0.717) is 12.8 Å². The maximum absolute atomic E-state index is 11.7. The van der Waals surface area contributed by atoms with Crippen molar-refractivity contribution < 1.29 is 17.6 Å². The zero-order chi connectivity index (χ0) is 16.2. The van der Waals surface area contributed by atoms with Crippen LogP contribution >= 0.6 is 0 Å². The number of carbonyl (C=O) groups excluding carboxylic acids is 1. The van der Waals surface area contributed by atoms with Crippen LogP contribution in [0.1, 0.15) is 30.8 Å². The Kier molecular flexibility index (Phi) is 4.92. The molecule has 8 heteroatoms. The first-order valence-electron chi connectivity index (χ1n) is 6.77. The summed E-state index contributed by atoms with van der Waals surface area (Å²) >= 11 is 0. The summed E-state index contributed by atoms with van der Waals surface area (Å²) in [6, 6.07) is 8.88. The molecule has 0 saturated heterocycles. The van der Waals surface area contributed by atoms with Crippen molar-refractivity contribution in [3.63, 3.8) is 0 Å². The largest absolute Gasteiger partial charge is 0.410 e. The molecule has 1 N–H and O–H groups in total. The van der Waals surface area contributed by atoms with Crippen molar-refractivity contribution in [2.75, 3.05) is 6.26 Å². The molecular formula is C14H17N3O4S. The van der Waals surface area contributed by atoms with Gasteiger partial charge in [-0.15, -0.1) is 5.10 Å². The van der Waals surface area contributed by atoms with Crippen molar-refractivity contribution in [2.24, 2.45) is 0 Å². The van der Waals surface area contributed by atoms with E-state index in [2.05, 4.69) is 15.5 Å². The van der Waals surface area contributed by atoms with Gasteiger partial charge in [0.15, 0.2) is 0 Å². The average molecular weight is 323 g/mol. The smallest absolute Gasteiger partial charge is 0.335 e. The van der Waals surface area contributed by atoms with Crippen molar-refractivity contribution in [1.82, 2.24) is 15.5 Å². The molecule has 118 valence electrons. The highest BCUT2D eigenvalue weighted by atomic mass is 32.2. The average Bonchev–Trinajstić information content (AvgIpc) is 2.97. The fraction of sp³-hybridized carbons (Fsp3) is 0.357. The van der Waals surface area contributed by atoms with Crippen LogP contribution in [0.15, 0.2) is 40.0 Å². The van der Waals surface area contributed by atoms with Crippen LogP contribution in [-0.4, -0.2) is 30.8 Å². The molecular weight excluding hydrogens is 306 g/mol. The fourth-order valence-electron chi connectivity index (χ4n) is 1.86. The van der Waals surface area contributed by atoms with Gasteiger partial charge in [-0.05, 0) is 5.56 Å². The highest BCUT2D eigenvalue weighted by molar-refractivity contribution is 7.90. The van der Waals surface area contributed by atoms with Gasteiger partial charge in [-0.2, -0.15) is 0 Å². The Morgan fingerprint density at radius 2 is 1.95 bits per heavy atom. The molecule has 0 aliphatic carbocycles. The van der Waals surface area contributed by atoms with Gasteiger partial charge in [0, 0.05) is 19.1 Å². The van der Waals surface area contributed by atoms with Crippen LogP contribution in [0.2, 0.25) is 0 Å². The molecule has 1 aromatic heterocycles. The Bertz CT molecular complexity index is 740. The molecule has 1 aromatic carbocycles. The Morgan fingerprint density at radius 1 is 1.27 bits per heavy atom. The van der Waals surface area contributed by atoms with Gasteiger partial charge in [0.25, 0.3) is 0 Å². The molecule has 2 rings (SSSR count). The van der Waals surface area contributed by atoms with E-state index in [-0.39, 0.29) is 11.8 Å². The van der Waals surface area contributed by atoms with Gasteiger partial charge in [0.05, 0.1) is 0 Å². The zero-order valence-electron chi connectivity index (χ0n) is 12.3. The Balaban J connectivity index is 2.27. The number of nitrogens with one attached hydrogen (secondary N) is 1. The molecule has 0 saturated carbocycles. The molecule has 0 spiro atoms. The number of carbonyl (C=O) groups is 1. The molecule has 0 fully saturated rings. The number of rotatable bonds is 6. The van der Waals surface area contributed by atoms with Crippen molar-refractivity contribution in [3.05, 3.63) is 41.8 Å². The number of sulfone groups is 1. The van der Waals surface area contributed by atoms with E-state index in [0.717, 1.165) is 11.8 Å². The first kappa shape index (κ1) is 16.2. The number of hydrogen-bond acceptors (Lipinski definition) is 6. The monoisotopic (exact) mass is 323 g/mol. The minimum Gasteiger partial charge on any atom is -0.410 e. The number of hydrogen-bond donors (Lipinski definition) is 1. The quantitative estimate of drug-likeness (QED) is 0.859. The number of aromatic nitrogens is 2. The van der Waals surface area contributed by atoms with E-state index in [1.54, 1.807) is 6.92 Å². The third-order valence-electron chi connectivity index (χ3n) is 2.98. The zero-order valence-corrected chi connectivity index (χ0v) is 13.1. The highest BCUT2D eigenvalue weighted by Gasteiger charge is 2.24. The lowest BCUT2D eigenvalue weighted by Gasteiger charge is -2.14. The minimum atomic E-state index is -3.58. The maximum atomic E-state index is 11.7. The molecule has 2 aromatic rings. The van der Waals surface area contributed by atoms with Gasteiger partial charge in [0.2, 0.25) is 21.6 Å². The summed E-state index contributed by atoms with van der Waals surface area (Å²) in [5.41, 5.74) is 0.961. The molecule has 1 atom stereocenters. The van der Waals surface area contributed by atoms with Crippen LogP contribution in [0.4, 0.5) is 0 Å². The summed E-state index contributed by atoms with van der Waals surface area (Å²) in [4.78, 5) is 11.7. The topological polar surface area (TPSA) is 102 Å². The number of benzene rings is 1. The normalized spacial score (nSPS) is 12.8. The van der Waals surface area contributed by atoms with E-state index >= 15 is 0 Å². The van der Waals surface area contributed by atoms with Crippen molar-refractivity contribution in [2.45, 2.75) is 31.0 Å². The van der Waals surface area contributed by atoms with Crippen LogP contribution in [0.5, 0.6) is 0 Å². The van der Waals surface area contributed by atoms with E-state index in [4.69, 9.17) is 4.42 Å². The summed E-state index contributed by atoms with van der Waals surface area (Å²) in [5, 5.41) is 9.60. The Morgan fingerprint density at radius 3 is 2.50 bits per heavy atom. The number of nitrogens with zero attached hydrogens (tertiary/aromatic N) is 2. The SMILES string of the molecule is CCC(=O)N[C@@H](Cc1ccccc1)c1nnc(S(C)(=O)=O)o1. The summed E-state index contributed by atoms with van der Waals surface area (Å²) in [6.07, 6.45) is 1.72. The first-order valence-corrected chi connectivity index (χ1v) is 8.66. The first-order chi connectivity index (χ1) is 10.4. The minimum absolute atomic E-state index is 0.0751. The standard InChI is InChI=1S/C14H17N3O4S/c1-3-12(18)15-11(9-10-7-5-4-6-8-10)13-16-17-14(21-13)22(2,19)20/h4-8,11H,3,9H2,1-2H3,(H,15,18)/t11-/m0/s1. The fourth-order valence-corrected chi connectivity index (χ4v) is 2.28. The second kappa shape index (κ2) is 6.69. The third kappa shape index (κ3) is 4.14. The summed E-state index contributed by atoms with van der Waals surface area (Å²) in [6.45, 7) is 1.73. The molecule has 1 heterocycles. The Hall–Kier alpha value is -2.22. The molecule has 7 nitrogen and oxygen atoms in total. The van der Waals surface area contributed by atoms with Crippen molar-refractivity contribution >= 4 is 15.7 Å². The molecule has 1 amide bonds. The summed E-state index contributed by atoms with van der Waals surface area (Å²) in [5.74, 6) is -0.105. The second-order valence-corrected chi connectivity index (χ2v) is 6.74. The summed E-state index contributed by atoms with van der Waals surface area (Å²) in [7, 11) is -3.58. The van der Waals surface area contributed by atoms with Crippen LogP contribution in [0.25, 0.3) is 0 Å². The third-order valence-corrected chi connectivity index (χ3v) is 3.78. The van der Waals surface area contributed by atoms with Crippen LogP contribution < -0.4 is 5.32 Å². The molecule has 0 radical (unpaired) electrons. The summed E-state index contributed by atoms with van der Waals surface area (Å²) < 4.78 is 28.0. The second-order valence-electron chi connectivity index (χ2n) is 4.84. The predicted molar refractivity (Wildman–Crippen MR) is 78.7 cm³/mol. The van der Waals surface area contributed by atoms with Gasteiger partial charge in [-0.25, -0.2) is 8.42 Å². The lowest BCUT2D eigenvalue weighted by Crippen LogP contribution is -2.29. The van der Waals surface area contributed by atoms with Crippen LogP contribution in [-0.2, 0) is 21.1 Å². The van der Waals surface area contributed by atoms with Gasteiger partial charge >= 0.3 is 5.22 Å². The predicted octanol–water partition coefficient (Wildman–Crippen LogP) is 1.28. The lowest BCUT2D eigenvalue weighted by atomic mass is 10.1. The van der Waals surface area contributed by atoms with Crippen LogP contribution in [0, 0.1) is 0 Å². The molecule has 0 bridgehead atoms. The van der Waals surface area contributed by atoms with Crippen LogP contribution in [0.3, 0.4) is 0 Å². The van der Waals surface area contributed by atoms with Crippen molar-refractivity contribution in [3.8, 4) is 0 Å². The highest BCUT2D eigenvalue weighted by Crippen LogP contribution is 2.19. The molecule has 0 aliphatic rings. The van der Waals surface area contributed by atoms with Gasteiger partial charge in [-0.3, -0.25) is 4.79 Å². The van der Waals surface area contributed by atoms with Crippen molar-refractivity contribution in [1.29, 1.82) is 0 Å². The molecule has 22 heavy (non-hydrogen) atoms. The van der Waals surface area contributed by atoms with E-state index in [1.807, 2.05) is 30.3 Å². The van der Waals surface area contributed by atoms with E-state index in [9.17, 15) is 13.2 Å². The molecule has 0 aliphatic heterocycles. The van der Waals surface area contributed by atoms with E-state index < -0.39 is 21.1 Å². The Labute approximate surface area is 128 Å². The maximum Gasteiger partial charge on any atom is 0.335 e. The molecule has 0 unspecified atom stereocenters. The van der Waals surface area contributed by atoms with Gasteiger partial charge < -0.3 is 9.73 Å². The van der Waals surface area contributed by atoms with Gasteiger partial charge in [-0.1, -0.05) is 42.4 Å². The lowest BCUT2D eigenvalue weighted by molar-refractivity contribution is -0.121. The number of amides is 1. The van der Waals surface area contributed by atoms with E-state index in [1.165, 1.54) is 0 Å².